The van der Waals surface area contributed by atoms with Gasteiger partial charge in [-0.25, -0.2) is 9.13 Å². The highest BCUT2D eigenvalue weighted by Gasteiger charge is 2.30. The molecule has 0 saturated carbocycles. The number of carbonyl (C=O) groups excluding carboxylic acids is 4. The molecule has 0 rings (SSSR count). The third kappa shape index (κ3) is 62.8. The Balaban J connectivity index is 5.15. The van der Waals surface area contributed by atoms with Gasteiger partial charge in [-0.3, -0.25) is 37.3 Å². The molecule has 0 aliphatic carbocycles. The van der Waals surface area contributed by atoms with E-state index in [-0.39, 0.29) is 25.7 Å². The Morgan fingerprint density at radius 2 is 0.522 bits per heavy atom. The van der Waals surface area contributed by atoms with Crippen LogP contribution in [0.2, 0.25) is 0 Å². The number of unbranched alkanes of at least 4 members (excludes halogenated alkanes) is 33. The van der Waals surface area contributed by atoms with Crippen LogP contribution in [-0.4, -0.2) is 96.7 Å². The molecule has 0 fully saturated rings. The minimum absolute atomic E-state index is 0.102. The SMILES string of the molecule is CCC(C)CCCCCCCCCCCCCCCCCCCCC(=O)O[C@H](COC(=O)CCCCCCCCCC(C)C)COP(=O)(O)OCC(O)COP(=O)(O)OC[C@@H](COC(=O)CCCCCCCCC(C)CC)OC(=O)CCCCCCCCC(C)CC. The van der Waals surface area contributed by atoms with Gasteiger partial charge >= 0.3 is 39.5 Å². The van der Waals surface area contributed by atoms with E-state index in [9.17, 15) is 43.2 Å². The summed E-state index contributed by atoms with van der Waals surface area (Å²) in [4.78, 5) is 72.5. The molecule has 0 aromatic heterocycles. The summed E-state index contributed by atoms with van der Waals surface area (Å²) in [5.41, 5.74) is 0. The highest BCUT2D eigenvalue weighted by molar-refractivity contribution is 7.47. The second-order valence-electron chi connectivity index (χ2n) is 27.5. The predicted octanol–water partition coefficient (Wildman–Crippen LogP) is 20.9. The number of esters is 4. The smallest absolute Gasteiger partial charge is 0.462 e. The largest absolute Gasteiger partial charge is 0.472 e. The summed E-state index contributed by atoms with van der Waals surface area (Å²) in [6.07, 6.45) is 46.1. The second kappa shape index (κ2) is 62.6. The van der Waals surface area contributed by atoms with Crippen LogP contribution in [-0.2, 0) is 65.4 Å². The standard InChI is InChI=1S/C73H142O17P2/c1-9-64(6)50-42-34-26-22-20-18-16-14-12-13-15-17-19-21-23-27-39-47-55-72(77)89-68(59-83-70(75)53-45-37-28-24-25-33-41-49-63(4)5)61-87-91(79,80)85-57-67(74)58-86-92(81,82)88-62-69(90-73(78)56-48-40-32-30-36-44-52-66(8)11-3)60-84-71(76)54-46-38-31-29-35-43-51-65(7)10-2/h63-69,74H,9-62H2,1-8H3,(H,79,80)(H,81,82)/t64?,65?,66?,67?,68-,69-/m1/s1. The zero-order valence-electron chi connectivity index (χ0n) is 60.2. The van der Waals surface area contributed by atoms with Crippen LogP contribution >= 0.6 is 15.6 Å². The minimum Gasteiger partial charge on any atom is -0.462 e. The van der Waals surface area contributed by atoms with E-state index in [1.54, 1.807) is 0 Å². The molecule has 3 N–H and O–H groups in total. The van der Waals surface area contributed by atoms with Gasteiger partial charge in [-0.15, -0.1) is 0 Å². The lowest BCUT2D eigenvalue weighted by atomic mass is 9.99. The van der Waals surface area contributed by atoms with Crippen molar-refractivity contribution in [2.45, 2.75) is 382 Å². The van der Waals surface area contributed by atoms with Gasteiger partial charge in [0.25, 0.3) is 0 Å². The number of ether oxygens (including phenoxy) is 4. The minimum atomic E-state index is -4.95. The zero-order valence-corrected chi connectivity index (χ0v) is 62.0. The molecule has 0 spiro atoms. The van der Waals surface area contributed by atoms with E-state index < -0.39 is 97.5 Å². The Labute approximate surface area is 562 Å². The number of hydrogen-bond acceptors (Lipinski definition) is 15. The molecular weight excluding hydrogens is 1210 g/mol. The summed E-state index contributed by atoms with van der Waals surface area (Å²) >= 11 is 0. The van der Waals surface area contributed by atoms with Crippen LogP contribution in [0.5, 0.6) is 0 Å². The molecular formula is C73H142O17P2. The first-order chi connectivity index (χ1) is 44.2. The lowest BCUT2D eigenvalue weighted by Crippen LogP contribution is -2.30. The molecule has 0 aliphatic rings. The maximum absolute atomic E-state index is 13.0. The number of aliphatic hydroxyl groups excluding tert-OH is 1. The molecule has 0 heterocycles. The van der Waals surface area contributed by atoms with E-state index in [0.29, 0.717) is 31.6 Å². The van der Waals surface area contributed by atoms with Crippen molar-refractivity contribution < 1.29 is 80.2 Å². The number of phosphoric ester groups is 2. The third-order valence-electron chi connectivity index (χ3n) is 17.9. The number of hydrogen-bond donors (Lipinski definition) is 3. The summed E-state index contributed by atoms with van der Waals surface area (Å²) < 4.78 is 68.3. The molecule has 0 saturated heterocycles. The van der Waals surface area contributed by atoms with Crippen molar-refractivity contribution in [2.75, 3.05) is 39.6 Å². The Hall–Kier alpha value is -1.94. The highest BCUT2D eigenvalue weighted by Crippen LogP contribution is 2.45. The average molecular weight is 1350 g/mol. The van der Waals surface area contributed by atoms with Gasteiger partial charge in [0, 0.05) is 25.7 Å². The summed E-state index contributed by atoms with van der Waals surface area (Å²) in [5.74, 6) is 0.895. The van der Waals surface area contributed by atoms with Crippen molar-refractivity contribution in [3.8, 4) is 0 Å². The van der Waals surface area contributed by atoms with E-state index in [4.69, 9.17) is 37.0 Å². The van der Waals surface area contributed by atoms with Gasteiger partial charge in [-0.1, -0.05) is 312 Å². The Kier molecular flexibility index (Phi) is 61.3. The van der Waals surface area contributed by atoms with Crippen LogP contribution in [0, 0.1) is 23.7 Å². The van der Waals surface area contributed by atoms with Crippen LogP contribution in [0.3, 0.4) is 0 Å². The first-order valence-electron chi connectivity index (χ1n) is 37.8. The molecule has 0 aromatic rings. The van der Waals surface area contributed by atoms with E-state index in [1.165, 1.54) is 154 Å². The quantitative estimate of drug-likeness (QED) is 0.0222. The monoisotopic (exact) mass is 1350 g/mol. The molecule has 0 amide bonds. The van der Waals surface area contributed by atoms with Crippen LogP contribution in [0.15, 0.2) is 0 Å². The van der Waals surface area contributed by atoms with Crippen LogP contribution < -0.4 is 0 Å². The lowest BCUT2D eigenvalue weighted by Gasteiger charge is -2.21. The Morgan fingerprint density at radius 1 is 0.304 bits per heavy atom. The molecule has 17 nitrogen and oxygen atoms in total. The van der Waals surface area contributed by atoms with Gasteiger partial charge in [0.2, 0.25) is 0 Å². The molecule has 8 atom stereocenters. The normalized spacial score (nSPS) is 15.1. The first-order valence-corrected chi connectivity index (χ1v) is 40.8. The predicted molar refractivity (Wildman–Crippen MR) is 372 cm³/mol. The average Bonchev–Trinajstić information content (AvgIpc) is 2.42. The van der Waals surface area contributed by atoms with Crippen molar-refractivity contribution in [1.82, 2.24) is 0 Å². The van der Waals surface area contributed by atoms with Gasteiger partial charge in [0.1, 0.15) is 19.3 Å². The maximum atomic E-state index is 13.0. The van der Waals surface area contributed by atoms with Crippen molar-refractivity contribution in [2.24, 2.45) is 23.7 Å². The van der Waals surface area contributed by atoms with Crippen molar-refractivity contribution in [3.05, 3.63) is 0 Å². The van der Waals surface area contributed by atoms with E-state index in [0.717, 1.165) is 120 Å². The summed E-state index contributed by atoms with van der Waals surface area (Å²) in [6.45, 7) is 14.1. The Bertz CT molecular complexity index is 1820. The molecule has 546 valence electrons. The summed E-state index contributed by atoms with van der Waals surface area (Å²) in [6, 6.07) is 0. The molecule has 0 aliphatic heterocycles. The lowest BCUT2D eigenvalue weighted by molar-refractivity contribution is -0.161. The summed E-state index contributed by atoms with van der Waals surface area (Å²) in [5, 5.41) is 10.6. The first kappa shape index (κ1) is 90.1. The third-order valence-corrected chi connectivity index (χ3v) is 19.8. The molecule has 19 heteroatoms. The van der Waals surface area contributed by atoms with Gasteiger partial charge in [-0.2, -0.15) is 0 Å². The topological polar surface area (TPSA) is 237 Å². The molecule has 92 heavy (non-hydrogen) atoms. The molecule has 0 radical (unpaired) electrons. The molecule has 6 unspecified atom stereocenters. The van der Waals surface area contributed by atoms with Gasteiger partial charge in [-0.05, 0) is 49.4 Å². The van der Waals surface area contributed by atoms with E-state index >= 15 is 0 Å². The Morgan fingerprint density at radius 3 is 0.772 bits per heavy atom. The van der Waals surface area contributed by atoms with Crippen molar-refractivity contribution >= 4 is 39.5 Å². The van der Waals surface area contributed by atoms with Crippen LogP contribution in [0.1, 0.15) is 364 Å². The number of aliphatic hydroxyl groups is 1. The molecule has 0 aromatic carbocycles. The van der Waals surface area contributed by atoms with Gasteiger partial charge in [0.05, 0.1) is 26.4 Å². The van der Waals surface area contributed by atoms with Crippen molar-refractivity contribution in [1.29, 1.82) is 0 Å². The van der Waals surface area contributed by atoms with Crippen LogP contribution in [0.25, 0.3) is 0 Å². The highest BCUT2D eigenvalue weighted by atomic mass is 31.2. The van der Waals surface area contributed by atoms with Gasteiger partial charge in [0.15, 0.2) is 12.2 Å². The van der Waals surface area contributed by atoms with Crippen molar-refractivity contribution in [3.63, 3.8) is 0 Å². The van der Waals surface area contributed by atoms with Gasteiger partial charge < -0.3 is 33.8 Å². The van der Waals surface area contributed by atoms with Crippen LogP contribution in [0.4, 0.5) is 0 Å². The maximum Gasteiger partial charge on any atom is 0.472 e. The number of carbonyl (C=O) groups is 4. The number of phosphoric acid groups is 2. The number of rotatable bonds is 70. The second-order valence-corrected chi connectivity index (χ2v) is 30.4. The fourth-order valence-corrected chi connectivity index (χ4v) is 12.5. The summed E-state index contributed by atoms with van der Waals surface area (Å²) in [7, 11) is -9.90. The fourth-order valence-electron chi connectivity index (χ4n) is 10.9. The fraction of sp³-hybridized carbons (Fsp3) is 0.945. The zero-order chi connectivity index (χ0) is 68.2. The molecule has 0 bridgehead atoms. The van der Waals surface area contributed by atoms with E-state index in [1.807, 2.05) is 0 Å². The van der Waals surface area contributed by atoms with E-state index in [2.05, 4.69) is 55.4 Å².